The normalized spacial score (nSPS) is 22.9. The first-order valence-corrected chi connectivity index (χ1v) is 11.0. The number of nitrogens with two attached hydrogens (primary N) is 1. The van der Waals surface area contributed by atoms with Crippen LogP contribution in [0.25, 0.3) is 0 Å². The van der Waals surface area contributed by atoms with Crippen molar-refractivity contribution in [3.63, 3.8) is 0 Å². The molecule has 0 bridgehead atoms. The van der Waals surface area contributed by atoms with Crippen LogP contribution in [0.4, 0.5) is 10.6 Å². The van der Waals surface area contributed by atoms with Crippen LogP contribution in [0.1, 0.15) is 36.4 Å². The van der Waals surface area contributed by atoms with Crippen molar-refractivity contribution < 1.29 is 14.4 Å². The van der Waals surface area contributed by atoms with E-state index in [0.29, 0.717) is 18.8 Å². The van der Waals surface area contributed by atoms with Crippen molar-refractivity contribution in [2.45, 2.75) is 37.8 Å². The summed E-state index contributed by atoms with van der Waals surface area (Å²) in [5, 5.41) is 0. The molecule has 2 aliphatic heterocycles. The molecule has 0 saturated carbocycles. The molecule has 0 spiro atoms. The largest absolute Gasteiger partial charge is 0.384 e. The SMILES string of the molecule is CN(C)C(=O)[C@@H]1[C@@H](Cc2ccnc(N)c2)C(=O)N1C(=O)N1CCCCC1c1ccccc1. The van der Waals surface area contributed by atoms with Gasteiger partial charge in [0.15, 0.2) is 0 Å². The highest BCUT2D eigenvalue weighted by Gasteiger charge is 2.56. The second-order valence-electron chi connectivity index (χ2n) is 8.68. The van der Waals surface area contributed by atoms with Crippen molar-refractivity contribution in [1.29, 1.82) is 0 Å². The molecule has 2 aliphatic rings. The monoisotopic (exact) mass is 435 g/mol. The molecule has 4 rings (SSSR count). The molecule has 2 saturated heterocycles. The van der Waals surface area contributed by atoms with Crippen molar-refractivity contribution in [1.82, 2.24) is 19.7 Å². The minimum atomic E-state index is -0.822. The number of rotatable bonds is 4. The standard InChI is InChI=1S/C24H29N5O3/c1-27(2)23(31)21-18(14-16-11-12-26-20(25)15-16)22(30)29(21)24(32)28-13-7-6-10-19(28)17-8-4-3-5-9-17/h3-5,8-9,11-12,15,18-19,21H,6-7,10,13-14H2,1-2H3,(H2,25,26)/t18-,19?,21+/m1/s1. The fourth-order valence-electron chi connectivity index (χ4n) is 4.70. The molecule has 1 aromatic carbocycles. The molecule has 0 radical (unpaired) electrons. The second-order valence-corrected chi connectivity index (χ2v) is 8.68. The number of likely N-dealkylation sites (tertiary alicyclic amines) is 2. The van der Waals surface area contributed by atoms with Gasteiger partial charge >= 0.3 is 6.03 Å². The molecule has 168 valence electrons. The van der Waals surface area contributed by atoms with Gasteiger partial charge in [-0.2, -0.15) is 0 Å². The maximum absolute atomic E-state index is 13.6. The van der Waals surface area contributed by atoms with Crippen LogP contribution in [0.15, 0.2) is 48.7 Å². The van der Waals surface area contributed by atoms with E-state index in [0.717, 1.165) is 30.4 Å². The molecule has 32 heavy (non-hydrogen) atoms. The lowest BCUT2D eigenvalue weighted by Crippen LogP contribution is -2.70. The number of hydrogen-bond donors (Lipinski definition) is 1. The quantitative estimate of drug-likeness (QED) is 0.744. The summed E-state index contributed by atoms with van der Waals surface area (Å²) in [5.41, 5.74) is 7.64. The number of anilines is 1. The topological polar surface area (TPSA) is 99.8 Å². The van der Waals surface area contributed by atoms with Gasteiger partial charge in [0, 0.05) is 26.8 Å². The number of nitrogen functional groups attached to an aromatic ring is 1. The van der Waals surface area contributed by atoms with Crippen LogP contribution < -0.4 is 5.73 Å². The van der Waals surface area contributed by atoms with Crippen LogP contribution in [0, 0.1) is 5.92 Å². The Hall–Kier alpha value is -3.42. The molecule has 3 atom stereocenters. The third-order valence-electron chi connectivity index (χ3n) is 6.35. The lowest BCUT2D eigenvalue weighted by atomic mass is 9.81. The van der Waals surface area contributed by atoms with E-state index in [1.54, 1.807) is 37.3 Å². The van der Waals surface area contributed by atoms with Crippen molar-refractivity contribution in [2.75, 3.05) is 26.4 Å². The zero-order valence-electron chi connectivity index (χ0n) is 18.5. The third-order valence-corrected chi connectivity index (χ3v) is 6.35. The van der Waals surface area contributed by atoms with Gasteiger partial charge in [-0.25, -0.2) is 9.78 Å². The van der Waals surface area contributed by atoms with Gasteiger partial charge in [0.2, 0.25) is 11.8 Å². The summed E-state index contributed by atoms with van der Waals surface area (Å²) >= 11 is 0. The first-order chi connectivity index (χ1) is 15.4. The van der Waals surface area contributed by atoms with E-state index in [-0.39, 0.29) is 23.9 Å². The summed E-state index contributed by atoms with van der Waals surface area (Å²) in [6, 6.07) is 12.0. The maximum atomic E-state index is 13.6. The van der Waals surface area contributed by atoms with Gasteiger partial charge in [0.1, 0.15) is 11.9 Å². The number of pyridine rings is 1. The predicted molar refractivity (Wildman–Crippen MR) is 120 cm³/mol. The number of imide groups is 1. The number of carbonyl (C=O) groups is 3. The van der Waals surface area contributed by atoms with Gasteiger partial charge in [-0.1, -0.05) is 30.3 Å². The Balaban J connectivity index is 1.60. The van der Waals surface area contributed by atoms with Crippen LogP contribution >= 0.6 is 0 Å². The van der Waals surface area contributed by atoms with E-state index < -0.39 is 12.0 Å². The highest BCUT2D eigenvalue weighted by molar-refractivity contribution is 6.09. The van der Waals surface area contributed by atoms with Crippen LogP contribution in [0.3, 0.4) is 0 Å². The molecule has 1 aromatic heterocycles. The number of urea groups is 1. The van der Waals surface area contributed by atoms with Crippen LogP contribution in [-0.2, 0) is 16.0 Å². The third kappa shape index (κ3) is 4.04. The Bertz CT molecular complexity index is 1010. The first-order valence-electron chi connectivity index (χ1n) is 11.0. The van der Waals surface area contributed by atoms with E-state index in [1.807, 2.05) is 30.3 Å². The molecule has 8 nitrogen and oxygen atoms in total. The molecular weight excluding hydrogens is 406 g/mol. The lowest BCUT2D eigenvalue weighted by molar-refractivity contribution is -0.162. The Morgan fingerprint density at radius 2 is 1.91 bits per heavy atom. The molecular formula is C24H29N5O3. The number of aromatic nitrogens is 1. The highest BCUT2D eigenvalue weighted by Crippen LogP contribution is 2.37. The van der Waals surface area contributed by atoms with E-state index in [9.17, 15) is 14.4 Å². The molecule has 3 heterocycles. The van der Waals surface area contributed by atoms with Crippen molar-refractivity contribution in [2.24, 2.45) is 5.92 Å². The maximum Gasteiger partial charge on any atom is 0.328 e. The van der Waals surface area contributed by atoms with Gasteiger partial charge in [0.05, 0.1) is 12.0 Å². The molecule has 8 heteroatoms. The van der Waals surface area contributed by atoms with E-state index >= 15 is 0 Å². The van der Waals surface area contributed by atoms with Gasteiger partial charge < -0.3 is 15.5 Å². The number of amides is 4. The summed E-state index contributed by atoms with van der Waals surface area (Å²) in [5.74, 6) is -0.812. The molecule has 2 aromatic rings. The second kappa shape index (κ2) is 8.98. The highest BCUT2D eigenvalue weighted by atomic mass is 16.2. The average molecular weight is 436 g/mol. The Kier molecular flexibility index (Phi) is 6.12. The summed E-state index contributed by atoms with van der Waals surface area (Å²) in [6.45, 7) is 0.566. The van der Waals surface area contributed by atoms with E-state index in [1.165, 1.54) is 9.80 Å². The van der Waals surface area contributed by atoms with Gasteiger partial charge in [0.25, 0.3) is 0 Å². The van der Waals surface area contributed by atoms with E-state index in [2.05, 4.69) is 4.98 Å². The van der Waals surface area contributed by atoms with Crippen LogP contribution in [0.2, 0.25) is 0 Å². The van der Waals surface area contributed by atoms with Gasteiger partial charge in [-0.3, -0.25) is 14.5 Å². The molecule has 4 amide bonds. The summed E-state index contributed by atoms with van der Waals surface area (Å²) in [7, 11) is 3.28. The summed E-state index contributed by atoms with van der Waals surface area (Å²) in [6.07, 6.45) is 4.65. The van der Waals surface area contributed by atoms with Gasteiger partial charge in [-0.05, 0) is 48.9 Å². The smallest absolute Gasteiger partial charge is 0.328 e. The number of likely N-dealkylation sites (N-methyl/N-ethyl adjacent to an activating group) is 1. The number of benzene rings is 1. The molecule has 1 unspecified atom stereocenters. The van der Waals surface area contributed by atoms with Crippen LogP contribution in [0.5, 0.6) is 0 Å². The molecule has 2 fully saturated rings. The van der Waals surface area contributed by atoms with Crippen LogP contribution in [-0.4, -0.2) is 64.2 Å². The Morgan fingerprint density at radius 3 is 2.59 bits per heavy atom. The molecule has 2 N–H and O–H groups in total. The van der Waals surface area contributed by atoms with E-state index in [4.69, 9.17) is 5.73 Å². The number of piperidine rings is 1. The van der Waals surface area contributed by atoms with Crippen molar-refractivity contribution in [3.8, 4) is 0 Å². The number of nitrogens with zero attached hydrogens (tertiary/aromatic N) is 4. The number of hydrogen-bond acceptors (Lipinski definition) is 5. The van der Waals surface area contributed by atoms with Gasteiger partial charge in [-0.15, -0.1) is 0 Å². The fraction of sp³-hybridized carbons (Fsp3) is 0.417. The summed E-state index contributed by atoms with van der Waals surface area (Å²) in [4.78, 5) is 48.1. The minimum Gasteiger partial charge on any atom is -0.384 e. The molecule has 0 aliphatic carbocycles. The summed E-state index contributed by atoms with van der Waals surface area (Å²) < 4.78 is 0. The zero-order valence-corrected chi connectivity index (χ0v) is 18.5. The predicted octanol–water partition coefficient (Wildman–Crippen LogP) is 2.47. The van der Waals surface area contributed by atoms with Crippen molar-refractivity contribution in [3.05, 3.63) is 59.8 Å². The Morgan fingerprint density at radius 1 is 1.16 bits per heavy atom. The zero-order chi connectivity index (χ0) is 22.8. The average Bonchev–Trinajstić information content (AvgIpc) is 2.80. The Labute approximate surface area is 188 Å². The minimum absolute atomic E-state index is 0.0978. The number of β-lactam (4-membered cyclic amide) rings is 1. The number of carbonyl (C=O) groups excluding carboxylic acids is 3. The fourth-order valence-corrected chi connectivity index (χ4v) is 4.70. The van der Waals surface area contributed by atoms with Crippen molar-refractivity contribution >= 4 is 23.7 Å². The first kappa shape index (κ1) is 21.8. The lowest BCUT2D eigenvalue weighted by Gasteiger charge is -2.49.